The van der Waals surface area contributed by atoms with E-state index in [9.17, 15) is 5.26 Å². The van der Waals surface area contributed by atoms with Crippen LogP contribution in [0.15, 0.2) is 57.5 Å². The van der Waals surface area contributed by atoms with Crippen LogP contribution in [0.5, 0.6) is 5.75 Å². The average Bonchev–Trinajstić information content (AvgIpc) is 3.16. The number of rotatable bonds is 5. The number of allylic oxidation sites excluding steroid dienone is 1. The summed E-state index contributed by atoms with van der Waals surface area (Å²) in [5, 5.41) is 10.7. The second-order valence-electron chi connectivity index (χ2n) is 7.13. The fourth-order valence-electron chi connectivity index (χ4n) is 3.16. The van der Waals surface area contributed by atoms with Crippen molar-refractivity contribution in [3.8, 4) is 11.8 Å². The minimum absolute atomic E-state index is 0.325. The van der Waals surface area contributed by atoms with E-state index >= 15 is 0 Å². The number of hydrogen-bond donors (Lipinski definition) is 1. The van der Waals surface area contributed by atoms with Crippen LogP contribution in [0.4, 0.5) is 0 Å². The molecule has 0 atom stereocenters. The first kappa shape index (κ1) is 22.9. The highest BCUT2D eigenvalue weighted by atomic mass is 79.9. The van der Waals surface area contributed by atoms with E-state index in [1.165, 1.54) is 0 Å². The van der Waals surface area contributed by atoms with Gasteiger partial charge in [-0.1, -0.05) is 35.3 Å². The molecule has 4 rings (SSSR count). The number of H-pyrrole nitrogens is 1. The Hall–Kier alpha value is -2.30. The number of nitrogens with one attached hydrogen (secondary N) is 1. The molecule has 8 heteroatoms. The van der Waals surface area contributed by atoms with E-state index in [1.807, 2.05) is 43.3 Å². The fourth-order valence-corrected chi connectivity index (χ4v) is 4.93. The molecule has 1 heterocycles. The quantitative estimate of drug-likeness (QED) is 0.237. The van der Waals surface area contributed by atoms with Crippen molar-refractivity contribution >= 4 is 77.7 Å². The molecule has 4 nitrogen and oxygen atoms in total. The van der Waals surface area contributed by atoms with Crippen molar-refractivity contribution in [2.45, 2.75) is 13.5 Å². The van der Waals surface area contributed by atoms with Gasteiger partial charge < -0.3 is 9.72 Å². The SMILES string of the molecule is Cc1ccc2nc(/C(C#N)=C\c3cc(Br)c(OCc4ccc(Cl)c(Cl)c4)c(Br)c3)[nH]c2c1. The monoisotopic (exact) mass is 589 g/mol. The summed E-state index contributed by atoms with van der Waals surface area (Å²) in [6.07, 6.45) is 1.78. The number of imidazole rings is 1. The van der Waals surface area contributed by atoms with Crippen LogP contribution in [0, 0.1) is 18.3 Å². The van der Waals surface area contributed by atoms with Gasteiger partial charge in [0.1, 0.15) is 24.3 Å². The van der Waals surface area contributed by atoms with Crippen LogP contribution >= 0.6 is 55.1 Å². The van der Waals surface area contributed by atoms with Crippen LogP contribution < -0.4 is 4.74 Å². The van der Waals surface area contributed by atoms with Gasteiger partial charge in [-0.25, -0.2) is 4.98 Å². The standard InChI is InChI=1S/C24H15Br2Cl2N3O/c1-13-2-5-21-22(6-13)31-24(30-21)16(11-29)7-15-8-17(25)23(18(26)9-15)32-12-14-3-4-19(27)20(28)10-14/h2-10H,12H2,1H3,(H,30,31)/b16-7-. The van der Waals surface area contributed by atoms with Crippen molar-refractivity contribution in [2.75, 3.05) is 0 Å². The van der Waals surface area contributed by atoms with Gasteiger partial charge in [-0.3, -0.25) is 0 Å². The van der Waals surface area contributed by atoms with Gasteiger partial charge >= 0.3 is 0 Å². The van der Waals surface area contributed by atoms with Gasteiger partial charge in [-0.2, -0.15) is 5.26 Å². The van der Waals surface area contributed by atoms with Crippen LogP contribution in [-0.4, -0.2) is 9.97 Å². The number of ether oxygens (including phenoxy) is 1. The topological polar surface area (TPSA) is 61.7 Å². The third kappa shape index (κ3) is 5.02. The second-order valence-corrected chi connectivity index (χ2v) is 9.65. The third-order valence-corrected chi connectivity index (χ3v) is 6.63. The molecule has 3 aromatic carbocycles. The van der Waals surface area contributed by atoms with Crippen molar-refractivity contribution in [2.24, 2.45) is 0 Å². The Labute approximate surface area is 212 Å². The highest BCUT2D eigenvalue weighted by molar-refractivity contribution is 9.11. The molecule has 0 aliphatic rings. The maximum atomic E-state index is 9.72. The van der Waals surface area contributed by atoms with Crippen molar-refractivity contribution in [3.05, 3.63) is 90.0 Å². The maximum absolute atomic E-state index is 9.72. The predicted molar refractivity (Wildman–Crippen MR) is 137 cm³/mol. The molecule has 1 N–H and O–H groups in total. The lowest BCUT2D eigenvalue weighted by Crippen LogP contribution is -1.97. The maximum Gasteiger partial charge on any atom is 0.149 e. The molecule has 1 aromatic heterocycles. The second kappa shape index (κ2) is 9.68. The molecule has 0 aliphatic carbocycles. The molecule has 4 aromatic rings. The van der Waals surface area contributed by atoms with E-state index in [0.29, 0.717) is 33.8 Å². The third-order valence-electron chi connectivity index (χ3n) is 4.71. The average molecular weight is 592 g/mol. The summed E-state index contributed by atoms with van der Waals surface area (Å²) in [6.45, 7) is 2.34. The van der Waals surface area contributed by atoms with Gasteiger partial charge in [-0.15, -0.1) is 0 Å². The summed E-state index contributed by atoms with van der Waals surface area (Å²) in [5.74, 6) is 1.17. The number of aromatic amines is 1. The zero-order valence-corrected chi connectivity index (χ0v) is 21.4. The minimum Gasteiger partial charge on any atom is -0.487 e. The Bertz CT molecular complexity index is 1380. The molecular formula is C24H15Br2Cl2N3O. The zero-order valence-electron chi connectivity index (χ0n) is 16.7. The normalized spacial score (nSPS) is 11.6. The lowest BCUT2D eigenvalue weighted by Gasteiger charge is -2.12. The molecule has 0 unspecified atom stereocenters. The Kier molecular flexibility index (Phi) is 6.92. The van der Waals surface area contributed by atoms with E-state index in [0.717, 1.165) is 36.7 Å². The van der Waals surface area contributed by atoms with Crippen LogP contribution in [0.2, 0.25) is 10.0 Å². The Morgan fingerprint density at radius 1 is 1.09 bits per heavy atom. The van der Waals surface area contributed by atoms with Crippen LogP contribution in [0.1, 0.15) is 22.5 Å². The number of aromatic nitrogens is 2. The van der Waals surface area contributed by atoms with Crippen LogP contribution in [0.3, 0.4) is 0 Å². The molecule has 0 fully saturated rings. The summed E-state index contributed by atoms with van der Waals surface area (Å²) in [4.78, 5) is 7.77. The Balaban J connectivity index is 1.60. The van der Waals surface area contributed by atoms with Crippen molar-refractivity contribution < 1.29 is 4.74 Å². The largest absolute Gasteiger partial charge is 0.487 e. The highest BCUT2D eigenvalue weighted by Crippen LogP contribution is 2.36. The first-order valence-corrected chi connectivity index (χ1v) is 11.8. The highest BCUT2D eigenvalue weighted by Gasteiger charge is 2.12. The van der Waals surface area contributed by atoms with Crippen molar-refractivity contribution in [3.63, 3.8) is 0 Å². The van der Waals surface area contributed by atoms with Crippen LogP contribution in [0.25, 0.3) is 22.7 Å². The molecule has 0 radical (unpaired) electrons. The van der Waals surface area contributed by atoms with Gasteiger partial charge in [-0.05, 0) is 97.9 Å². The Morgan fingerprint density at radius 2 is 1.84 bits per heavy atom. The first-order valence-electron chi connectivity index (χ1n) is 9.48. The minimum atomic E-state index is 0.325. The van der Waals surface area contributed by atoms with Gasteiger partial charge in [0.15, 0.2) is 0 Å². The lowest BCUT2D eigenvalue weighted by molar-refractivity contribution is 0.302. The van der Waals surface area contributed by atoms with Crippen LogP contribution in [-0.2, 0) is 6.61 Å². The molecule has 0 bridgehead atoms. The van der Waals surface area contributed by atoms with E-state index in [1.54, 1.807) is 18.2 Å². The summed E-state index contributed by atoms with van der Waals surface area (Å²) in [5.41, 5.74) is 4.99. The Morgan fingerprint density at radius 3 is 2.53 bits per heavy atom. The smallest absolute Gasteiger partial charge is 0.149 e. The molecule has 0 amide bonds. The summed E-state index contributed by atoms with van der Waals surface area (Å²) < 4.78 is 7.46. The van der Waals surface area contributed by atoms with Crippen molar-refractivity contribution in [1.29, 1.82) is 5.26 Å². The number of halogens is 4. The number of nitriles is 1. The molecule has 160 valence electrons. The predicted octanol–water partition coefficient (Wildman–Crippen LogP) is 8.35. The summed E-state index contributed by atoms with van der Waals surface area (Å²) in [7, 11) is 0. The molecule has 0 aliphatic heterocycles. The van der Waals surface area contributed by atoms with E-state index in [4.69, 9.17) is 27.9 Å². The molecule has 0 saturated heterocycles. The number of nitrogens with zero attached hydrogens (tertiary/aromatic N) is 2. The van der Waals surface area contributed by atoms with Gasteiger partial charge in [0.05, 0.1) is 35.6 Å². The number of fused-ring (bicyclic) bond motifs is 1. The first-order chi connectivity index (χ1) is 15.3. The molecule has 32 heavy (non-hydrogen) atoms. The zero-order chi connectivity index (χ0) is 22.8. The van der Waals surface area contributed by atoms with Gasteiger partial charge in [0.25, 0.3) is 0 Å². The molecule has 0 saturated carbocycles. The van der Waals surface area contributed by atoms with Gasteiger partial charge in [0.2, 0.25) is 0 Å². The summed E-state index contributed by atoms with van der Waals surface area (Å²) >= 11 is 19.2. The number of benzene rings is 3. The molecular weight excluding hydrogens is 577 g/mol. The van der Waals surface area contributed by atoms with E-state index in [-0.39, 0.29) is 0 Å². The number of hydrogen-bond acceptors (Lipinski definition) is 3. The molecule has 0 spiro atoms. The lowest BCUT2D eigenvalue weighted by atomic mass is 10.1. The fraction of sp³-hybridized carbons (Fsp3) is 0.0833. The van der Waals surface area contributed by atoms with E-state index in [2.05, 4.69) is 47.9 Å². The summed E-state index contributed by atoms with van der Waals surface area (Å²) in [6, 6.07) is 17.3. The number of aryl methyl sites for hydroxylation is 1. The van der Waals surface area contributed by atoms with Crippen molar-refractivity contribution in [1.82, 2.24) is 9.97 Å². The van der Waals surface area contributed by atoms with Gasteiger partial charge in [0, 0.05) is 0 Å². The van der Waals surface area contributed by atoms with E-state index < -0.39 is 0 Å².